The number of piperidine rings is 1. The van der Waals surface area contributed by atoms with Crippen molar-refractivity contribution < 1.29 is 18.3 Å². The topological polar surface area (TPSA) is 86.7 Å². The summed E-state index contributed by atoms with van der Waals surface area (Å²) in [4.78, 5) is 13.4. The second-order valence-corrected chi connectivity index (χ2v) is 8.91. The van der Waals surface area contributed by atoms with Crippen molar-refractivity contribution in [3.05, 3.63) is 40.8 Å². The van der Waals surface area contributed by atoms with Gasteiger partial charge in [0.1, 0.15) is 0 Å². The molecule has 0 radical (unpaired) electrons. The number of sulfonamides is 1. The van der Waals surface area contributed by atoms with E-state index < -0.39 is 22.2 Å². The highest BCUT2D eigenvalue weighted by molar-refractivity contribution is 7.93. The van der Waals surface area contributed by atoms with E-state index in [2.05, 4.69) is 20.8 Å². The molecular weight excluding hydrogens is 340 g/mol. The summed E-state index contributed by atoms with van der Waals surface area (Å²) in [5.41, 5.74) is 1.93. The third-order valence-electron chi connectivity index (χ3n) is 4.20. The van der Waals surface area contributed by atoms with Crippen molar-refractivity contribution in [3.8, 4) is 0 Å². The molecule has 0 spiro atoms. The van der Waals surface area contributed by atoms with Crippen molar-refractivity contribution in [2.45, 2.75) is 45.1 Å². The van der Waals surface area contributed by atoms with Crippen LogP contribution in [-0.4, -0.2) is 43.6 Å². The molecule has 1 aromatic rings. The molecule has 2 amide bonds. The van der Waals surface area contributed by atoms with Crippen LogP contribution in [0, 0.1) is 0 Å². The van der Waals surface area contributed by atoms with Gasteiger partial charge in [0.25, 0.3) is 10.0 Å². The van der Waals surface area contributed by atoms with Crippen molar-refractivity contribution >= 4 is 22.1 Å². The summed E-state index contributed by atoms with van der Waals surface area (Å²) in [6.45, 7) is 7.02. The van der Waals surface area contributed by atoms with Crippen LogP contribution in [0.15, 0.2) is 29.7 Å². The monoisotopic (exact) mass is 366 g/mol. The molecule has 1 fully saturated rings. The molecule has 0 saturated carbocycles. The Morgan fingerprint density at radius 2 is 1.76 bits per heavy atom. The van der Waals surface area contributed by atoms with Crippen LogP contribution in [0.5, 0.6) is 0 Å². The van der Waals surface area contributed by atoms with Gasteiger partial charge in [0, 0.05) is 13.1 Å². The molecule has 1 heterocycles. The number of nitrogens with zero attached hydrogens (tertiary/aromatic N) is 1. The number of aliphatic hydroxyl groups excluding tert-OH is 1. The van der Waals surface area contributed by atoms with Crippen LogP contribution >= 0.6 is 0 Å². The molecule has 0 bridgehead atoms. The summed E-state index contributed by atoms with van der Waals surface area (Å²) < 4.78 is 26.1. The minimum atomic E-state index is -3.86. The van der Waals surface area contributed by atoms with Crippen LogP contribution in [0.25, 0.3) is 6.08 Å². The SMILES string of the molecule is CC(C)(C)c1ccc(/C=C/S(=O)(=O)NC(=O)N2CCC(O)CC2)cc1. The van der Waals surface area contributed by atoms with Gasteiger partial charge < -0.3 is 10.0 Å². The van der Waals surface area contributed by atoms with E-state index in [-0.39, 0.29) is 5.41 Å². The second-order valence-electron chi connectivity index (χ2n) is 7.35. The fourth-order valence-corrected chi connectivity index (χ4v) is 3.33. The van der Waals surface area contributed by atoms with E-state index in [4.69, 9.17) is 0 Å². The number of amides is 2. The molecule has 25 heavy (non-hydrogen) atoms. The van der Waals surface area contributed by atoms with Gasteiger partial charge in [-0.25, -0.2) is 17.9 Å². The van der Waals surface area contributed by atoms with E-state index in [1.165, 1.54) is 11.0 Å². The predicted molar refractivity (Wildman–Crippen MR) is 98.4 cm³/mol. The molecule has 1 aliphatic rings. The van der Waals surface area contributed by atoms with Crippen LogP contribution in [0.1, 0.15) is 44.7 Å². The van der Waals surface area contributed by atoms with Crippen molar-refractivity contribution in [3.63, 3.8) is 0 Å². The lowest BCUT2D eigenvalue weighted by atomic mass is 9.87. The maximum atomic E-state index is 12.1. The van der Waals surface area contributed by atoms with E-state index in [0.717, 1.165) is 16.5 Å². The Morgan fingerprint density at radius 1 is 1.20 bits per heavy atom. The Labute approximate surface area is 149 Å². The molecular formula is C18H26N2O4S. The Bertz CT molecular complexity index is 725. The van der Waals surface area contributed by atoms with Crippen LogP contribution in [0.2, 0.25) is 0 Å². The van der Waals surface area contributed by atoms with Gasteiger partial charge in [-0.3, -0.25) is 0 Å². The quantitative estimate of drug-likeness (QED) is 0.860. The Kier molecular flexibility index (Phi) is 5.90. The number of hydrogen-bond donors (Lipinski definition) is 2. The number of nitrogens with one attached hydrogen (secondary N) is 1. The average Bonchev–Trinajstić information content (AvgIpc) is 2.53. The number of aliphatic hydroxyl groups is 1. The molecule has 138 valence electrons. The maximum absolute atomic E-state index is 12.1. The minimum Gasteiger partial charge on any atom is -0.393 e. The summed E-state index contributed by atoms with van der Waals surface area (Å²) in [5.74, 6) is 0. The number of carbonyl (C=O) groups excluding carboxylic acids is 1. The molecule has 0 atom stereocenters. The molecule has 2 N–H and O–H groups in total. The molecule has 0 unspecified atom stereocenters. The van der Waals surface area contributed by atoms with Gasteiger partial charge in [0.15, 0.2) is 0 Å². The summed E-state index contributed by atoms with van der Waals surface area (Å²) in [5, 5.41) is 10.4. The lowest BCUT2D eigenvalue weighted by Crippen LogP contribution is -2.46. The van der Waals surface area contributed by atoms with Crippen molar-refractivity contribution in [2.24, 2.45) is 0 Å². The smallest absolute Gasteiger partial charge is 0.331 e. The highest BCUT2D eigenvalue weighted by Crippen LogP contribution is 2.22. The average molecular weight is 366 g/mol. The molecule has 1 aromatic carbocycles. The zero-order valence-electron chi connectivity index (χ0n) is 14.9. The van der Waals surface area contributed by atoms with Crippen LogP contribution in [0.4, 0.5) is 4.79 Å². The first-order valence-corrected chi connectivity index (χ1v) is 9.90. The number of urea groups is 1. The van der Waals surface area contributed by atoms with E-state index in [0.29, 0.717) is 25.9 Å². The molecule has 0 aliphatic carbocycles. The largest absolute Gasteiger partial charge is 0.393 e. The number of hydrogen-bond acceptors (Lipinski definition) is 4. The maximum Gasteiger partial charge on any atom is 0.331 e. The van der Waals surface area contributed by atoms with Crippen LogP contribution < -0.4 is 4.72 Å². The Morgan fingerprint density at radius 3 is 2.28 bits per heavy atom. The minimum absolute atomic E-state index is 0.0321. The summed E-state index contributed by atoms with van der Waals surface area (Å²) >= 11 is 0. The fraction of sp³-hybridized carbons (Fsp3) is 0.500. The predicted octanol–water partition coefficient (Wildman–Crippen LogP) is 2.45. The molecule has 6 nitrogen and oxygen atoms in total. The zero-order chi connectivity index (χ0) is 18.7. The number of rotatable bonds is 3. The second kappa shape index (κ2) is 7.58. The molecule has 7 heteroatoms. The lowest BCUT2D eigenvalue weighted by molar-refractivity contribution is 0.0952. The van der Waals surface area contributed by atoms with Gasteiger partial charge in [-0.05, 0) is 35.5 Å². The number of likely N-dealkylation sites (tertiary alicyclic amines) is 1. The van der Waals surface area contributed by atoms with Crippen LogP contribution in [0.3, 0.4) is 0 Å². The molecule has 1 saturated heterocycles. The molecule has 2 rings (SSSR count). The first-order chi connectivity index (χ1) is 11.6. The third-order valence-corrected chi connectivity index (χ3v) is 5.15. The fourth-order valence-electron chi connectivity index (χ4n) is 2.55. The highest BCUT2D eigenvalue weighted by Gasteiger charge is 2.23. The van der Waals surface area contributed by atoms with E-state index >= 15 is 0 Å². The van der Waals surface area contributed by atoms with Gasteiger partial charge in [-0.15, -0.1) is 0 Å². The summed E-state index contributed by atoms with van der Waals surface area (Å²) in [6, 6.07) is 6.97. The number of carbonyl (C=O) groups is 1. The van der Waals surface area contributed by atoms with E-state index in [9.17, 15) is 18.3 Å². The summed E-state index contributed by atoms with van der Waals surface area (Å²) in [6.07, 6.45) is 1.96. The Hall–Kier alpha value is -1.86. The van der Waals surface area contributed by atoms with Crippen molar-refractivity contribution in [1.29, 1.82) is 0 Å². The Balaban J connectivity index is 1.98. The van der Waals surface area contributed by atoms with Gasteiger partial charge in [-0.1, -0.05) is 45.0 Å². The van der Waals surface area contributed by atoms with Gasteiger partial charge in [0.05, 0.1) is 11.5 Å². The summed E-state index contributed by atoms with van der Waals surface area (Å²) in [7, 11) is -3.86. The zero-order valence-corrected chi connectivity index (χ0v) is 15.7. The van der Waals surface area contributed by atoms with Crippen molar-refractivity contribution in [1.82, 2.24) is 9.62 Å². The first-order valence-electron chi connectivity index (χ1n) is 8.35. The molecule has 1 aliphatic heterocycles. The van der Waals surface area contributed by atoms with E-state index in [1.54, 1.807) is 0 Å². The number of benzene rings is 1. The third kappa shape index (κ3) is 5.86. The first kappa shape index (κ1) is 19.5. The van der Waals surface area contributed by atoms with E-state index in [1.807, 2.05) is 29.0 Å². The van der Waals surface area contributed by atoms with Crippen molar-refractivity contribution in [2.75, 3.05) is 13.1 Å². The lowest BCUT2D eigenvalue weighted by Gasteiger charge is -2.29. The molecule has 0 aromatic heterocycles. The standard InChI is InChI=1S/C18H26N2O4S/c1-18(2,3)15-6-4-14(5-7-15)10-13-25(23,24)19-17(22)20-11-8-16(21)9-12-20/h4-7,10,13,16,21H,8-9,11-12H2,1-3H3,(H,19,22)/b13-10+. The highest BCUT2D eigenvalue weighted by atomic mass is 32.2. The van der Waals surface area contributed by atoms with Gasteiger partial charge >= 0.3 is 6.03 Å². The van der Waals surface area contributed by atoms with Crippen LogP contribution in [-0.2, 0) is 15.4 Å². The normalized spacial score (nSPS) is 17.0. The van der Waals surface area contributed by atoms with Gasteiger partial charge in [0.2, 0.25) is 0 Å². The van der Waals surface area contributed by atoms with Gasteiger partial charge in [-0.2, -0.15) is 0 Å².